The molecule has 1 fully saturated rings. The summed E-state index contributed by atoms with van der Waals surface area (Å²) in [5, 5.41) is 7.59. The molecular formula is C18H15ClN4O2. The molecule has 3 aromatic rings. The van der Waals surface area contributed by atoms with Gasteiger partial charge in [-0.25, -0.2) is 4.98 Å². The number of hydrogen-bond acceptors (Lipinski definition) is 4. The van der Waals surface area contributed by atoms with Crippen LogP contribution in [0.2, 0.25) is 5.02 Å². The molecule has 6 nitrogen and oxygen atoms in total. The summed E-state index contributed by atoms with van der Waals surface area (Å²) in [6.07, 6.45) is 1.47. The zero-order valence-corrected chi connectivity index (χ0v) is 14.0. The summed E-state index contributed by atoms with van der Waals surface area (Å²) in [6.45, 7) is 1.03. The van der Waals surface area contributed by atoms with Crippen LogP contribution in [0.3, 0.4) is 0 Å². The number of pyridine rings is 1. The molecule has 0 unspecified atom stereocenters. The van der Waals surface area contributed by atoms with Crippen molar-refractivity contribution in [2.75, 3.05) is 13.1 Å². The number of H-pyrrole nitrogens is 1. The highest BCUT2D eigenvalue weighted by molar-refractivity contribution is 6.30. The lowest BCUT2D eigenvalue weighted by atomic mass is 10.1. The Kier molecular flexibility index (Phi) is 4.11. The molecule has 3 heterocycles. The molecule has 2 aromatic heterocycles. The van der Waals surface area contributed by atoms with Gasteiger partial charge in [0.1, 0.15) is 11.8 Å². The number of carbonyl (C=O) groups is 1. The number of amides is 1. The van der Waals surface area contributed by atoms with Crippen molar-refractivity contribution in [1.82, 2.24) is 20.1 Å². The number of halogens is 1. The summed E-state index contributed by atoms with van der Waals surface area (Å²) in [7, 11) is 0. The molecule has 0 atom stereocenters. The molecule has 4 rings (SSSR count). The Labute approximate surface area is 149 Å². The molecule has 1 amide bonds. The van der Waals surface area contributed by atoms with Crippen LogP contribution in [0.4, 0.5) is 0 Å². The van der Waals surface area contributed by atoms with Gasteiger partial charge in [0.25, 0.3) is 5.91 Å². The van der Waals surface area contributed by atoms with Crippen molar-refractivity contribution in [3.8, 4) is 17.1 Å². The van der Waals surface area contributed by atoms with Crippen LogP contribution in [0.25, 0.3) is 11.3 Å². The van der Waals surface area contributed by atoms with Gasteiger partial charge in [-0.1, -0.05) is 41.9 Å². The predicted octanol–water partition coefficient (Wildman–Crippen LogP) is 3.03. The zero-order chi connectivity index (χ0) is 17.2. The first-order chi connectivity index (χ1) is 12.2. The molecule has 1 aromatic carbocycles. The summed E-state index contributed by atoms with van der Waals surface area (Å²) in [5.74, 6) is 0.424. The minimum atomic E-state index is -0.0846. The van der Waals surface area contributed by atoms with Crippen LogP contribution < -0.4 is 4.74 Å². The quantitative estimate of drug-likeness (QED) is 0.781. The number of likely N-dealkylation sites (tertiary alicyclic amines) is 1. The lowest BCUT2D eigenvalue weighted by molar-refractivity contribution is 0.0156. The van der Waals surface area contributed by atoms with Crippen molar-refractivity contribution in [1.29, 1.82) is 0 Å². The fourth-order valence-electron chi connectivity index (χ4n) is 2.64. The Morgan fingerprint density at radius 2 is 2.00 bits per heavy atom. The largest absolute Gasteiger partial charge is 0.471 e. The second-order valence-electron chi connectivity index (χ2n) is 5.80. The lowest BCUT2D eigenvalue weighted by Gasteiger charge is -2.38. The van der Waals surface area contributed by atoms with Gasteiger partial charge < -0.3 is 9.64 Å². The highest BCUT2D eigenvalue weighted by Crippen LogP contribution is 2.21. The molecule has 7 heteroatoms. The van der Waals surface area contributed by atoms with Gasteiger partial charge in [-0.2, -0.15) is 5.10 Å². The van der Waals surface area contributed by atoms with Crippen molar-refractivity contribution in [2.24, 2.45) is 0 Å². The number of aromatic nitrogens is 3. The molecule has 0 saturated carbocycles. The minimum absolute atomic E-state index is 0.0610. The molecule has 25 heavy (non-hydrogen) atoms. The second kappa shape index (κ2) is 6.57. The first kappa shape index (κ1) is 15.7. The number of nitrogens with zero attached hydrogens (tertiary/aromatic N) is 3. The molecule has 1 N–H and O–H groups in total. The Hall–Kier alpha value is -2.86. The maximum Gasteiger partial charge on any atom is 0.272 e. The van der Waals surface area contributed by atoms with E-state index in [1.165, 1.54) is 6.20 Å². The van der Waals surface area contributed by atoms with Crippen molar-refractivity contribution < 1.29 is 9.53 Å². The Balaban J connectivity index is 1.36. The second-order valence-corrected chi connectivity index (χ2v) is 6.23. The van der Waals surface area contributed by atoms with Crippen LogP contribution in [-0.2, 0) is 0 Å². The topological polar surface area (TPSA) is 71.1 Å². The van der Waals surface area contributed by atoms with E-state index in [0.29, 0.717) is 29.7 Å². The monoisotopic (exact) mass is 354 g/mol. The SMILES string of the molecule is O=C(c1cc(-c2ccccc2)n[nH]1)N1CC(Oc2ccc(Cl)cn2)C1. The average Bonchev–Trinajstić information content (AvgIpc) is 3.10. The Bertz CT molecular complexity index is 874. The normalized spacial score (nSPS) is 14.2. The number of benzene rings is 1. The standard InChI is InChI=1S/C18H15ClN4O2/c19-13-6-7-17(20-9-13)25-14-10-23(11-14)18(24)16-8-15(21-22-16)12-4-2-1-3-5-12/h1-9,14H,10-11H2,(H,21,22). The van der Waals surface area contributed by atoms with Gasteiger partial charge in [0.05, 0.1) is 23.8 Å². The molecule has 1 saturated heterocycles. The molecule has 0 aliphatic carbocycles. The summed E-state index contributed by atoms with van der Waals surface area (Å²) in [6, 6.07) is 14.9. The number of nitrogens with one attached hydrogen (secondary N) is 1. The summed E-state index contributed by atoms with van der Waals surface area (Å²) in [5.41, 5.74) is 2.20. The first-order valence-electron chi connectivity index (χ1n) is 7.87. The van der Waals surface area contributed by atoms with Gasteiger partial charge in [-0.3, -0.25) is 9.89 Å². The molecule has 1 aliphatic heterocycles. The van der Waals surface area contributed by atoms with Gasteiger partial charge in [0.2, 0.25) is 5.88 Å². The number of carbonyl (C=O) groups excluding carboxylic acids is 1. The van der Waals surface area contributed by atoms with Crippen molar-refractivity contribution in [2.45, 2.75) is 6.10 Å². The fourth-order valence-corrected chi connectivity index (χ4v) is 2.75. The van der Waals surface area contributed by atoms with E-state index < -0.39 is 0 Å². The predicted molar refractivity (Wildman–Crippen MR) is 93.6 cm³/mol. The average molecular weight is 355 g/mol. The number of aromatic amines is 1. The van der Waals surface area contributed by atoms with Gasteiger partial charge in [0, 0.05) is 17.8 Å². The summed E-state index contributed by atoms with van der Waals surface area (Å²) < 4.78 is 5.71. The first-order valence-corrected chi connectivity index (χ1v) is 8.25. The molecule has 0 spiro atoms. The number of rotatable bonds is 4. The summed E-state index contributed by atoms with van der Waals surface area (Å²) >= 11 is 5.79. The maximum absolute atomic E-state index is 12.5. The van der Waals surface area contributed by atoms with E-state index in [-0.39, 0.29) is 12.0 Å². The fraction of sp³-hybridized carbons (Fsp3) is 0.167. The third-order valence-corrected chi connectivity index (χ3v) is 4.22. The Morgan fingerprint density at radius 1 is 1.20 bits per heavy atom. The van der Waals surface area contributed by atoms with E-state index in [0.717, 1.165) is 11.3 Å². The molecule has 1 aliphatic rings. The maximum atomic E-state index is 12.5. The van der Waals surface area contributed by atoms with E-state index in [1.54, 1.807) is 23.1 Å². The van der Waals surface area contributed by atoms with Crippen LogP contribution in [0, 0.1) is 0 Å². The highest BCUT2D eigenvalue weighted by Gasteiger charge is 2.33. The van der Waals surface area contributed by atoms with Crippen LogP contribution in [-0.4, -0.2) is 45.2 Å². The third-order valence-electron chi connectivity index (χ3n) is 4.00. The third kappa shape index (κ3) is 3.34. The van der Waals surface area contributed by atoms with E-state index in [9.17, 15) is 4.79 Å². The van der Waals surface area contributed by atoms with E-state index in [1.807, 2.05) is 30.3 Å². The molecule has 0 bridgehead atoms. The van der Waals surface area contributed by atoms with E-state index >= 15 is 0 Å². The Morgan fingerprint density at radius 3 is 2.72 bits per heavy atom. The zero-order valence-electron chi connectivity index (χ0n) is 13.2. The molecule has 0 radical (unpaired) electrons. The highest BCUT2D eigenvalue weighted by atomic mass is 35.5. The molecule has 126 valence electrons. The van der Waals surface area contributed by atoms with E-state index in [4.69, 9.17) is 16.3 Å². The van der Waals surface area contributed by atoms with Crippen molar-refractivity contribution in [3.05, 3.63) is 65.4 Å². The minimum Gasteiger partial charge on any atom is -0.471 e. The van der Waals surface area contributed by atoms with Crippen LogP contribution in [0.1, 0.15) is 10.5 Å². The van der Waals surface area contributed by atoms with Crippen LogP contribution >= 0.6 is 11.6 Å². The van der Waals surface area contributed by atoms with Crippen LogP contribution in [0.5, 0.6) is 5.88 Å². The summed E-state index contributed by atoms with van der Waals surface area (Å²) in [4.78, 5) is 18.3. The number of ether oxygens (including phenoxy) is 1. The van der Waals surface area contributed by atoms with Gasteiger partial charge in [0.15, 0.2) is 0 Å². The van der Waals surface area contributed by atoms with Gasteiger partial charge >= 0.3 is 0 Å². The molecular weight excluding hydrogens is 340 g/mol. The van der Waals surface area contributed by atoms with Crippen LogP contribution in [0.15, 0.2) is 54.7 Å². The smallest absolute Gasteiger partial charge is 0.272 e. The van der Waals surface area contributed by atoms with Gasteiger partial charge in [-0.05, 0) is 12.1 Å². The van der Waals surface area contributed by atoms with Gasteiger partial charge in [-0.15, -0.1) is 0 Å². The van der Waals surface area contributed by atoms with Crippen molar-refractivity contribution in [3.63, 3.8) is 0 Å². The number of hydrogen-bond donors (Lipinski definition) is 1. The van der Waals surface area contributed by atoms with E-state index in [2.05, 4.69) is 15.2 Å². The van der Waals surface area contributed by atoms with Crippen molar-refractivity contribution >= 4 is 17.5 Å². The lowest BCUT2D eigenvalue weighted by Crippen LogP contribution is -2.56.